The van der Waals surface area contributed by atoms with Gasteiger partial charge in [0.15, 0.2) is 5.96 Å². The molecule has 0 radical (unpaired) electrons. The minimum absolute atomic E-state index is 0. The second kappa shape index (κ2) is 10.9. The van der Waals surface area contributed by atoms with Crippen molar-refractivity contribution in [2.24, 2.45) is 10.7 Å². The fourth-order valence-corrected chi connectivity index (χ4v) is 3.75. The third kappa shape index (κ3) is 5.72. The van der Waals surface area contributed by atoms with Gasteiger partial charge in [0, 0.05) is 31.4 Å². The van der Waals surface area contributed by atoms with Crippen LogP contribution in [-0.4, -0.2) is 62.8 Å². The summed E-state index contributed by atoms with van der Waals surface area (Å²) in [7, 11) is 0. The topological polar surface area (TPSA) is 66.1 Å². The summed E-state index contributed by atoms with van der Waals surface area (Å²) >= 11 is 0. The molecule has 2 aliphatic heterocycles. The smallest absolute Gasteiger partial charge is 0.188 e. The second-order valence-corrected chi connectivity index (χ2v) is 6.74. The van der Waals surface area contributed by atoms with E-state index in [1.165, 1.54) is 30.6 Å². The van der Waals surface area contributed by atoms with Gasteiger partial charge in [-0.15, -0.1) is 24.0 Å². The van der Waals surface area contributed by atoms with Crippen molar-refractivity contribution in [1.29, 1.82) is 0 Å². The van der Waals surface area contributed by atoms with Crippen LogP contribution >= 0.6 is 24.0 Å². The van der Waals surface area contributed by atoms with Crippen molar-refractivity contribution >= 4 is 35.6 Å². The van der Waals surface area contributed by atoms with E-state index >= 15 is 0 Å². The van der Waals surface area contributed by atoms with Gasteiger partial charge < -0.3 is 20.7 Å². The predicted molar refractivity (Wildman–Crippen MR) is 118 cm³/mol. The molecule has 3 N–H and O–H groups in total. The zero-order valence-electron chi connectivity index (χ0n) is 15.7. The van der Waals surface area contributed by atoms with Crippen LogP contribution in [-0.2, 0) is 11.3 Å². The Hall–Kier alpha value is -1.06. The lowest BCUT2D eigenvalue weighted by Crippen LogP contribution is -2.42. The Bertz CT molecular complexity index is 577. The lowest BCUT2D eigenvalue weighted by molar-refractivity contribution is 0.122. The van der Waals surface area contributed by atoms with Crippen LogP contribution in [0, 0.1) is 0 Å². The molecule has 146 valence electrons. The molecular weight excluding hydrogens is 441 g/mol. The second-order valence-electron chi connectivity index (χ2n) is 6.74. The van der Waals surface area contributed by atoms with E-state index in [-0.39, 0.29) is 24.0 Å². The molecule has 1 aromatic rings. The molecular formula is C19H32IN5O. The van der Waals surface area contributed by atoms with E-state index in [9.17, 15) is 0 Å². The number of hydrogen-bond acceptors (Lipinski definition) is 4. The van der Waals surface area contributed by atoms with E-state index in [1.807, 2.05) is 0 Å². The first-order chi connectivity index (χ1) is 12.3. The SMILES string of the molecule is CCN1CCCC1CNC(N)=NCc1ccccc1N1CCOCC1.I. The van der Waals surface area contributed by atoms with Crippen molar-refractivity contribution in [2.45, 2.75) is 32.4 Å². The van der Waals surface area contributed by atoms with E-state index < -0.39 is 0 Å². The Balaban J connectivity index is 0.00000243. The molecule has 0 aliphatic carbocycles. The van der Waals surface area contributed by atoms with E-state index in [2.05, 4.69) is 51.3 Å². The van der Waals surface area contributed by atoms with Crippen molar-refractivity contribution in [1.82, 2.24) is 10.2 Å². The van der Waals surface area contributed by atoms with Gasteiger partial charge in [-0.3, -0.25) is 4.90 Å². The quantitative estimate of drug-likeness (QED) is 0.376. The maximum atomic E-state index is 6.10. The normalized spacial score (nSPS) is 21.5. The molecule has 6 nitrogen and oxygen atoms in total. The van der Waals surface area contributed by atoms with Crippen LogP contribution in [0.25, 0.3) is 0 Å². The maximum absolute atomic E-state index is 6.10. The van der Waals surface area contributed by atoms with Crippen LogP contribution in [0.5, 0.6) is 0 Å². The van der Waals surface area contributed by atoms with Crippen LogP contribution in [0.15, 0.2) is 29.3 Å². The number of nitrogens with zero attached hydrogens (tertiary/aromatic N) is 3. The van der Waals surface area contributed by atoms with E-state index in [0.29, 0.717) is 18.5 Å². The molecule has 26 heavy (non-hydrogen) atoms. The van der Waals surface area contributed by atoms with Crippen LogP contribution < -0.4 is 16.0 Å². The van der Waals surface area contributed by atoms with Crippen molar-refractivity contribution in [3.05, 3.63) is 29.8 Å². The summed E-state index contributed by atoms with van der Waals surface area (Å²) in [5.74, 6) is 0.541. The molecule has 2 heterocycles. The number of rotatable bonds is 6. The number of para-hydroxylation sites is 1. The fraction of sp³-hybridized carbons (Fsp3) is 0.632. The molecule has 0 spiro atoms. The lowest BCUT2D eigenvalue weighted by Gasteiger charge is -2.30. The summed E-state index contributed by atoms with van der Waals surface area (Å²) in [6, 6.07) is 9.03. The maximum Gasteiger partial charge on any atom is 0.188 e. The molecule has 2 aliphatic rings. The Morgan fingerprint density at radius 1 is 1.27 bits per heavy atom. The minimum atomic E-state index is 0. The van der Waals surface area contributed by atoms with Gasteiger partial charge in [0.2, 0.25) is 0 Å². The van der Waals surface area contributed by atoms with Crippen LogP contribution in [0.1, 0.15) is 25.3 Å². The van der Waals surface area contributed by atoms with E-state index in [4.69, 9.17) is 10.5 Å². The van der Waals surface area contributed by atoms with Gasteiger partial charge in [-0.25, -0.2) is 4.99 Å². The average molecular weight is 473 g/mol. The molecule has 7 heteroatoms. The largest absolute Gasteiger partial charge is 0.378 e. The summed E-state index contributed by atoms with van der Waals surface area (Å²) in [6.45, 7) is 9.46. The van der Waals surface area contributed by atoms with E-state index in [0.717, 1.165) is 39.4 Å². The highest BCUT2D eigenvalue weighted by molar-refractivity contribution is 14.0. The highest BCUT2D eigenvalue weighted by Crippen LogP contribution is 2.22. The Kier molecular flexibility index (Phi) is 8.94. The van der Waals surface area contributed by atoms with Crippen molar-refractivity contribution in [3.8, 4) is 0 Å². The molecule has 1 aromatic carbocycles. The zero-order chi connectivity index (χ0) is 17.5. The number of hydrogen-bond donors (Lipinski definition) is 2. The number of nitrogens with one attached hydrogen (secondary N) is 1. The summed E-state index contributed by atoms with van der Waals surface area (Å²) < 4.78 is 5.45. The van der Waals surface area contributed by atoms with Gasteiger partial charge in [-0.1, -0.05) is 25.1 Å². The van der Waals surface area contributed by atoms with Gasteiger partial charge in [0.05, 0.1) is 19.8 Å². The summed E-state index contributed by atoms with van der Waals surface area (Å²) in [5.41, 5.74) is 8.56. The molecule has 0 bridgehead atoms. The number of halogens is 1. The number of likely N-dealkylation sites (tertiary alicyclic amines) is 1. The number of likely N-dealkylation sites (N-methyl/N-ethyl adjacent to an activating group) is 1. The highest BCUT2D eigenvalue weighted by Gasteiger charge is 2.22. The molecule has 1 unspecified atom stereocenters. The molecule has 0 saturated carbocycles. The number of ether oxygens (including phenoxy) is 1. The van der Waals surface area contributed by atoms with Crippen molar-refractivity contribution in [3.63, 3.8) is 0 Å². The number of anilines is 1. The first kappa shape index (κ1) is 21.2. The summed E-state index contributed by atoms with van der Waals surface area (Å²) in [4.78, 5) is 9.45. The van der Waals surface area contributed by atoms with Crippen molar-refractivity contribution in [2.75, 3.05) is 50.8 Å². The predicted octanol–water partition coefficient (Wildman–Crippen LogP) is 2.03. The number of benzene rings is 1. The van der Waals surface area contributed by atoms with E-state index in [1.54, 1.807) is 0 Å². The van der Waals surface area contributed by atoms with Crippen LogP contribution in [0.4, 0.5) is 5.69 Å². The standard InChI is InChI=1S/C19H31N5O.HI/c1-2-23-9-5-7-17(23)15-22-19(20)21-14-16-6-3-4-8-18(16)24-10-12-25-13-11-24;/h3-4,6,8,17H,2,5,7,9-15H2,1H3,(H3,20,21,22);1H. The fourth-order valence-electron chi connectivity index (χ4n) is 3.75. The van der Waals surface area contributed by atoms with Crippen LogP contribution in [0.3, 0.4) is 0 Å². The molecule has 2 fully saturated rings. The number of morpholine rings is 1. The van der Waals surface area contributed by atoms with Gasteiger partial charge in [0.1, 0.15) is 0 Å². The first-order valence-electron chi connectivity index (χ1n) is 9.46. The Morgan fingerprint density at radius 3 is 2.81 bits per heavy atom. The lowest BCUT2D eigenvalue weighted by atomic mass is 10.1. The van der Waals surface area contributed by atoms with Crippen LogP contribution in [0.2, 0.25) is 0 Å². The zero-order valence-corrected chi connectivity index (χ0v) is 18.0. The number of nitrogens with two attached hydrogens (primary N) is 1. The van der Waals surface area contributed by atoms with Gasteiger partial charge in [-0.05, 0) is 37.6 Å². The number of guanidine groups is 1. The minimum Gasteiger partial charge on any atom is -0.378 e. The third-order valence-corrected chi connectivity index (χ3v) is 5.19. The van der Waals surface area contributed by atoms with Gasteiger partial charge in [0.25, 0.3) is 0 Å². The third-order valence-electron chi connectivity index (χ3n) is 5.19. The van der Waals surface area contributed by atoms with Gasteiger partial charge in [-0.2, -0.15) is 0 Å². The monoisotopic (exact) mass is 473 g/mol. The van der Waals surface area contributed by atoms with Crippen molar-refractivity contribution < 1.29 is 4.74 Å². The Morgan fingerprint density at radius 2 is 2.04 bits per heavy atom. The first-order valence-corrected chi connectivity index (χ1v) is 9.46. The summed E-state index contributed by atoms with van der Waals surface area (Å²) in [5, 5.41) is 3.31. The molecule has 0 aromatic heterocycles. The molecule has 1 atom stereocenters. The highest BCUT2D eigenvalue weighted by atomic mass is 127. The average Bonchev–Trinajstić information content (AvgIpc) is 3.13. The molecule has 2 saturated heterocycles. The summed E-state index contributed by atoms with van der Waals surface area (Å²) in [6.07, 6.45) is 2.53. The molecule has 0 amide bonds. The number of aliphatic imine (C=N–C) groups is 1. The van der Waals surface area contributed by atoms with Gasteiger partial charge >= 0.3 is 0 Å². The molecule has 3 rings (SSSR count). The Labute approximate surface area is 174 Å².